The number of phenols is 1. The summed E-state index contributed by atoms with van der Waals surface area (Å²) in [6.07, 6.45) is 13.7. The molecule has 1 aliphatic carbocycles. The maximum absolute atomic E-state index is 16.9. The van der Waals surface area contributed by atoms with E-state index in [2.05, 4.69) is 32.6 Å². The third-order valence-corrected chi connectivity index (χ3v) is 11.0. The zero-order valence-electron chi connectivity index (χ0n) is 27.1. The van der Waals surface area contributed by atoms with E-state index in [1.165, 1.54) is 30.5 Å². The Morgan fingerprint density at radius 1 is 1.10 bits per heavy atom. The van der Waals surface area contributed by atoms with Gasteiger partial charge in [0.1, 0.15) is 28.6 Å². The molecule has 8 rings (SSSR count). The fourth-order valence-corrected chi connectivity index (χ4v) is 8.51. The van der Waals surface area contributed by atoms with Crippen LogP contribution in [-0.4, -0.2) is 89.2 Å². The van der Waals surface area contributed by atoms with Gasteiger partial charge in [0.2, 0.25) is 0 Å². The molecule has 0 amide bonds. The van der Waals surface area contributed by atoms with Crippen LogP contribution in [0.15, 0.2) is 30.5 Å². The highest BCUT2D eigenvalue weighted by Crippen LogP contribution is 2.49. The molecule has 48 heavy (non-hydrogen) atoms. The van der Waals surface area contributed by atoms with E-state index in [1.807, 2.05) is 0 Å². The molecule has 0 radical (unpaired) electrons. The highest BCUT2D eigenvalue weighted by atomic mass is 19.1. The van der Waals surface area contributed by atoms with Crippen molar-refractivity contribution in [2.45, 2.75) is 63.6 Å². The van der Waals surface area contributed by atoms with Crippen LogP contribution in [0.25, 0.3) is 32.9 Å². The average Bonchev–Trinajstić information content (AvgIpc) is 3.34. The summed E-state index contributed by atoms with van der Waals surface area (Å²) in [5.74, 6) is 1.45. The molecule has 0 spiro atoms. The van der Waals surface area contributed by atoms with Gasteiger partial charge in [0.05, 0.1) is 42.9 Å². The number of fused-ring (bicyclic) bond motifs is 3. The van der Waals surface area contributed by atoms with Crippen molar-refractivity contribution in [1.29, 1.82) is 0 Å². The molecule has 5 heterocycles. The molecule has 250 valence electrons. The number of aromatic nitrogens is 3. The number of terminal acetylenes is 1. The van der Waals surface area contributed by atoms with Gasteiger partial charge in [-0.1, -0.05) is 18.4 Å². The van der Waals surface area contributed by atoms with Crippen molar-refractivity contribution in [3.8, 4) is 35.4 Å². The van der Waals surface area contributed by atoms with E-state index in [4.69, 9.17) is 25.6 Å². The first kappa shape index (κ1) is 31.2. The number of ether oxygens (including phenoxy) is 3. The summed E-state index contributed by atoms with van der Waals surface area (Å²) >= 11 is 0. The van der Waals surface area contributed by atoms with Gasteiger partial charge in [-0.05, 0) is 69.2 Å². The van der Waals surface area contributed by atoms with Crippen LogP contribution in [0, 0.1) is 29.4 Å². The summed E-state index contributed by atoms with van der Waals surface area (Å²) in [6.45, 7) is 6.79. The lowest BCUT2D eigenvalue weighted by Gasteiger charge is -2.53. The summed E-state index contributed by atoms with van der Waals surface area (Å²) < 4.78 is 49.7. The monoisotopic (exact) mass is 655 g/mol. The predicted molar refractivity (Wildman–Crippen MR) is 178 cm³/mol. The van der Waals surface area contributed by atoms with Crippen LogP contribution in [0.4, 0.5) is 14.6 Å². The summed E-state index contributed by atoms with van der Waals surface area (Å²) in [7, 11) is 0. The average molecular weight is 656 g/mol. The van der Waals surface area contributed by atoms with Gasteiger partial charge < -0.3 is 24.2 Å². The summed E-state index contributed by atoms with van der Waals surface area (Å²) in [5.41, 5.74) is 0.0315. The van der Waals surface area contributed by atoms with Gasteiger partial charge in [-0.15, -0.1) is 6.42 Å². The lowest BCUT2D eigenvalue weighted by Crippen LogP contribution is -2.63. The number of benzene rings is 2. The quantitative estimate of drug-likeness (QED) is 0.257. The van der Waals surface area contributed by atoms with Crippen molar-refractivity contribution >= 4 is 27.5 Å². The first-order valence-corrected chi connectivity index (χ1v) is 17.0. The Morgan fingerprint density at radius 2 is 1.98 bits per heavy atom. The zero-order chi connectivity index (χ0) is 33.0. The maximum Gasteiger partial charge on any atom is 0.319 e. The molecule has 2 aromatic heterocycles. The molecule has 4 atom stereocenters. The minimum absolute atomic E-state index is 0.0319. The van der Waals surface area contributed by atoms with Crippen molar-refractivity contribution in [3.63, 3.8) is 0 Å². The fraction of sp³-hybridized carbons (Fsp3) is 0.486. The number of rotatable bonds is 6. The second-order valence-corrected chi connectivity index (χ2v) is 13.6. The molecule has 4 aromatic rings. The SMILES string of the molecule is C#Cc1c(F)ccc2cc(O)cc(-c3ncc4c(N5CCCOCC5)nc(OC[C@]56CCC[C@H]5N(C5COC5C)CCC6)nc4c3F)c12. The predicted octanol–water partition coefficient (Wildman–Crippen LogP) is 5.84. The topological polar surface area (TPSA) is 93.1 Å². The van der Waals surface area contributed by atoms with Gasteiger partial charge in [-0.3, -0.25) is 9.88 Å². The van der Waals surface area contributed by atoms with Crippen LogP contribution in [0.3, 0.4) is 0 Å². The summed E-state index contributed by atoms with van der Waals surface area (Å²) in [5, 5.41) is 11.8. The van der Waals surface area contributed by atoms with Crippen LogP contribution >= 0.6 is 0 Å². The zero-order valence-corrected chi connectivity index (χ0v) is 27.1. The first-order valence-electron chi connectivity index (χ1n) is 17.0. The second-order valence-electron chi connectivity index (χ2n) is 13.6. The van der Waals surface area contributed by atoms with E-state index >= 15 is 4.39 Å². The Morgan fingerprint density at radius 3 is 2.79 bits per heavy atom. The number of aromatic hydroxyl groups is 1. The second kappa shape index (κ2) is 12.4. The highest BCUT2D eigenvalue weighted by molar-refractivity contribution is 6.03. The van der Waals surface area contributed by atoms with Crippen LogP contribution in [0.2, 0.25) is 0 Å². The molecule has 4 fully saturated rings. The molecule has 11 heteroatoms. The Bertz CT molecular complexity index is 1930. The molecule has 4 aliphatic rings. The Labute approximate surface area is 278 Å². The summed E-state index contributed by atoms with van der Waals surface area (Å²) in [4.78, 5) is 18.8. The highest BCUT2D eigenvalue weighted by Gasteiger charge is 2.52. The normalized spacial score (nSPS) is 26.2. The third-order valence-electron chi connectivity index (χ3n) is 11.0. The van der Waals surface area contributed by atoms with Crippen LogP contribution in [0.5, 0.6) is 11.8 Å². The van der Waals surface area contributed by atoms with Crippen LogP contribution in [0.1, 0.15) is 51.0 Å². The fourth-order valence-electron chi connectivity index (χ4n) is 8.51. The number of nitrogens with zero attached hydrogens (tertiary/aromatic N) is 5. The van der Waals surface area contributed by atoms with Crippen molar-refractivity contribution in [2.75, 3.05) is 51.0 Å². The first-order chi connectivity index (χ1) is 23.4. The standard InChI is InChI=1S/C37H39F2N5O4/c1-3-25-28(38)9-8-23-17-24(45)18-26(31(23)25)33-32(39)34-27(19-40-33)35(43-12-6-15-46-16-14-43)42-36(41-34)48-21-37-10-4-7-30(37)44(13-5-11-37)29-20-47-22(29)2/h1,8-9,17-19,22,29-30,45H,4-7,10-16,20-21H2,2H3/t22?,29?,30-,37-/m1/s1. The van der Waals surface area contributed by atoms with E-state index < -0.39 is 11.6 Å². The maximum atomic E-state index is 16.9. The molecule has 1 saturated carbocycles. The number of hydrogen-bond acceptors (Lipinski definition) is 9. The van der Waals surface area contributed by atoms with Gasteiger partial charge in [0.25, 0.3) is 0 Å². The van der Waals surface area contributed by atoms with Crippen molar-refractivity contribution in [2.24, 2.45) is 5.41 Å². The number of likely N-dealkylation sites (tertiary alicyclic amines) is 1. The largest absolute Gasteiger partial charge is 0.508 e. The molecule has 2 aromatic carbocycles. The minimum Gasteiger partial charge on any atom is -0.508 e. The van der Waals surface area contributed by atoms with E-state index in [9.17, 15) is 9.50 Å². The van der Waals surface area contributed by atoms with E-state index in [0.29, 0.717) is 61.6 Å². The van der Waals surface area contributed by atoms with E-state index in [-0.39, 0.29) is 51.0 Å². The minimum atomic E-state index is -0.731. The van der Waals surface area contributed by atoms with Gasteiger partial charge in [-0.25, -0.2) is 8.78 Å². The molecule has 0 bridgehead atoms. The van der Waals surface area contributed by atoms with Crippen molar-refractivity contribution < 1.29 is 28.1 Å². The molecule has 1 N–H and O–H groups in total. The Kier molecular flexibility index (Phi) is 8.06. The number of halogens is 2. The van der Waals surface area contributed by atoms with Gasteiger partial charge >= 0.3 is 6.01 Å². The Balaban J connectivity index is 1.22. The number of phenolic OH excluding ortho intramolecular Hbond substituents is 1. The van der Waals surface area contributed by atoms with Crippen LogP contribution < -0.4 is 9.64 Å². The molecule has 3 saturated heterocycles. The smallest absolute Gasteiger partial charge is 0.319 e. The molecular formula is C37H39F2N5O4. The lowest BCUT2D eigenvalue weighted by atomic mass is 9.74. The van der Waals surface area contributed by atoms with Gasteiger partial charge in [-0.2, -0.15) is 9.97 Å². The van der Waals surface area contributed by atoms with Gasteiger partial charge in [0, 0.05) is 48.3 Å². The van der Waals surface area contributed by atoms with E-state index in [0.717, 1.165) is 51.7 Å². The van der Waals surface area contributed by atoms with Crippen molar-refractivity contribution in [1.82, 2.24) is 19.9 Å². The number of pyridine rings is 1. The molecular weight excluding hydrogens is 616 g/mol. The number of anilines is 1. The third kappa shape index (κ3) is 5.21. The van der Waals surface area contributed by atoms with Crippen molar-refractivity contribution in [3.05, 3.63) is 47.7 Å². The van der Waals surface area contributed by atoms with Crippen LogP contribution in [-0.2, 0) is 9.47 Å². The number of piperidine rings is 1. The summed E-state index contributed by atoms with van der Waals surface area (Å²) in [6, 6.07) is 6.48. The van der Waals surface area contributed by atoms with E-state index in [1.54, 1.807) is 0 Å². The number of hydrogen-bond donors (Lipinski definition) is 1. The lowest BCUT2D eigenvalue weighted by molar-refractivity contribution is -0.158. The molecule has 9 nitrogen and oxygen atoms in total. The molecule has 3 aliphatic heterocycles. The Hall–Kier alpha value is -4.11. The van der Waals surface area contributed by atoms with Gasteiger partial charge in [0.15, 0.2) is 5.82 Å². The molecule has 2 unspecified atom stereocenters.